The molecule has 0 N–H and O–H groups in total. The van der Waals surface area contributed by atoms with Gasteiger partial charge in [0.25, 0.3) is 0 Å². The van der Waals surface area contributed by atoms with Crippen LogP contribution in [0, 0.1) is 0 Å². The molecule has 5 nitrogen and oxygen atoms in total. The molecule has 0 radical (unpaired) electrons. The third-order valence-corrected chi connectivity index (χ3v) is 4.74. The second kappa shape index (κ2) is 6.13. The van der Waals surface area contributed by atoms with E-state index < -0.39 is 0 Å². The second-order valence-electron chi connectivity index (χ2n) is 5.26. The zero-order valence-corrected chi connectivity index (χ0v) is 14.2. The Bertz CT molecular complexity index is 1010. The number of hydrogen-bond donors (Lipinski definition) is 0. The number of hydrogen-bond acceptors (Lipinski definition) is 5. The molecule has 2 heterocycles. The molecule has 0 unspecified atom stereocenters. The van der Waals surface area contributed by atoms with E-state index in [1.54, 1.807) is 29.7 Å². The van der Waals surface area contributed by atoms with Gasteiger partial charge in [-0.3, -0.25) is 0 Å². The normalized spacial score (nSPS) is 11.2. The summed E-state index contributed by atoms with van der Waals surface area (Å²) < 4.78 is 6.94. The van der Waals surface area contributed by atoms with Gasteiger partial charge in [-0.05, 0) is 42.2 Å². The lowest BCUT2D eigenvalue weighted by molar-refractivity contribution is 0.415. The van der Waals surface area contributed by atoms with Crippen LogP contribution in [0.1, 0.15) is 6.92 Å². The van der Waals surface area contributed by atoms with Crippen molar-refractivity contribution >= 4 is 28.3 Å². The Morgan fingerprint density at radius 1 is 1.12 bits per heavy atom. The van der Waals surface area contributed by atoms with Gasteiger partial charge < -0.3 is 4.74 Å². The highest BCUT2D eigenvalue weighted by Gasteiger charge is 2.12. The van der Waals surface area contributed by atoms with E-state index in [0.29, 0.717) is 5.82 Å². The number of aromatic nitrogens is 4. The summed E-state index contributed by atoms with van der Waals surface area (Å²) in [7, 11) is 1.65. The minimum Gasteiger partial charge on any atom is -0.497 e. The van der Waals surface area contributed by atoms with Gasteiger partial charge in [0.05, 0.1) is 12.6 Å². The predicted molar refractivity (Wildman–Crippen MR) is 96.7 cm³/mol. The van der Waals surface area contributed by atoms with Crippen molar-refractivity contribution in [1.82, 2.24) is 19.6 Å². The van der Waals surface area contributed by atoms with E-state index in [1.807, 2.05) is 36.4 Å². The van der Waals surface area contributed by atoms with Crippen molar-refractivity contribution in [2.75, 3.05) is 12.9 Å². The number of methoxy groups -OCH3 is 1. The number of rotatable bonds is 4. The topological polar surface area (TPSA) is 52.3 Å². The Hall–Kier alpha value is -2.60. The Morgan fingerprint density at radius 3 is 2.71 bits per heavy atom. The second-order valence-corrected chi connectivity index (χ2v) is 6.57. The van der Waals surface area contributed by atoms with E-state index in [2.05, 4.69) is 23.1 Å². The van der Waals surface area contributed by atoms with Crippen LogP contribution in [0.5, 0.6) is 5.75 Å². The summed E-state index contributed by atoms with van der Waals surface area (Å²) in [5.41, 5.74) is 2.75. The lowest BCUT2D eigenvalue weighted by Crippen LogP contribution is -1.92. The van der Waals surface area contributed by atoms with Crippen LogP contribution in [0.2, 0.25) is 0 Å². The van der Waals surface area contributed by atoms with Gasteiger partial charge in [-0.15, -0.1) is 16.9 Å². The summed E-state index contributed by atoms with van der Waals surface area (Å²) in [5.74, 6) is 2.51. The standard InChI is InChI=1S/C18H16N4OS/c1-3-24-15-6-4-5-14-16(15)19-11-22-18(14)20-17(21-22)12-7-9-13(23-2)10-8-12/h4-11H,3H2,1-2H3. The first kappa shape index (κ1) is 15.0. The molecule has 0 spiro atoms. The highest BCUT2D eigenvalue weighted by atomic mass is 32.2. The zero-order valence-electron chi connectivity index (χ0n) is 13.4. The van der Waals surface area contributed by atoms with Crippen LogP contribution in [0.3, 0.4) is 0 Å². The van der Waals surface area contributed by atoms with E-state index in [4.69, 9.17) is 9.72 Å². The molecule has 0 bridgehead atoms. The molecular weight excluding hydrogens is 320 g/mol. The fourth-order valence-corrected chi connectivity index (χ4v) is 3.46. The molecule has 6 heteroatoms. The molecule has 120 valence electrons. The SMILES string of the molecule is CCSc1cccc2c1ncn1nc(-c3ccc(OC)cc3)nc21. The minimum atomic E-state index is 0.681. The van der Waals surface area contributed by atoms with E-state index in [0.717, 1.165) is 33.6 Å². The Kier molecular flexibility index (Phi) is 3.82. The van der Waals surface area contributed by atoms with Crippen molar-refractivity contribution in [2.24, 2.45) is 0 Å². The van der Waals surface area contributed by atoms with Crippen molar-refractivity contribution in [3.8, 4) is 17.1 Å². The molecule has 0 atom stereocenters. The fraction of sp³-hybridized carbons (Fsp3) is 0.167. The largest absolute Gasteiger partial charge is 0.497 e. The van der Waals surface area contributed by atoms with Crippen molar-refractivity contribution in [3.63, 3.8) is 0 Å². The Labute approximate surface area is 143 Å². The van der Waals surface area contributed by atoms with Crippen molar-refractivity contribution in [1.29, 1.82) is 0 Å². The van der Waals surface area contributed by atoms with Crippen LogP contribution in [-0.2, 0) is 0 Å². The maximum Gasteiger partial charge on any atom is 0.182 e. The number of ether oxygens (including phenoxy) is 1. The van der Waals surface area contributed by atoms with E-state index in [1.165, 1.54) is 4.90 Å². The highest BCUT2D eigenvalue weighted by molar-refractivity contribution is 7.99. The maximum atomic E-state index is 5.20. The molecule has 0 amide bonds. The van der Waals surface area contributed by atoms with Crippen molar-refractivity contribution < 1.29 is 4.74 Å². The van der Waals surface area contributed by atoms with Crippen LogP contribution in [0.25, 0.3) is 27.9 Å². The van der Waals surface area contributed by atoms with Crippen LogP contribution in [-0.4, -0.2) is 32.4 Å². The van der Waals surface area contributed by atoms with E-state index in [9.17, 15) is 0 Å². The first-order chi connectivity index (χ1) is 11.8. The van der Waals surface area contributed by atoms with Gasteiger partial charge >= 0.3 is 0 Å². The van der Waals surface area contributed by atoms with Crippen LogP contribution < -0.4 is 4.74 Å². The summed E-state index contributed by atoms with van der Waals surface area (Å²) in [6.45, 7) is 2.14. The molecule has 0 saturated carbocycles. The third kappa shape index (κ3) is 2.49. The van der Waals surface area contributed by atoms with Crippen molar-refractivity contribution in [2.45, 2.75) is 11.8 Å². The van der Waals surface area contributed by atoms with Gasteiger partial charge in [-0.2, -0.15) is 0 Å². The van der Waals surface area contributed by atoms with Crippen LogP contribution >= 0.6 is 11.8 Å². The molecular formula is C18H16N4OS. The first-order valence-corrected chi connectivity index (χ1v) is 8.70. The molecule has 0 aliphatic rings. The molecule has 4 rings (SSSR count). The summed E-state index contributed by atoms with van der Waals surface area (Å²) in [6, 6.07) is 13.9. The number of fused-ring (bicyclic) bond motifs is 3. The molecule has 0 fully saturated rings. The minimum absolute atomic E-state index is 0.681. The van der Waals surface area contributed by atoms with E-state index >= 15 is 0 Å². The molecule has 2 aromatic carbocycles. The van der Waals surface area contributed by atoms with Crippen LogP contribution in [0.4, 0.5) is 0 Å². The van der Waals surface area contributed by atoms with Gasteiger partial charge in [-0.25, -0.2) is 14.5 Å². The molecule has 4 aromatic rings. The smallest absolute Gasteiger partial charge is 0.182 e. The average Bonchev–Trinajstić information content (AvgIpc) is 3.07. The summed E-state index contributed by atoms with van der Waals surface area (Å²) in [6.07, 6.45) is 1.73. The number of thioether (sulfide) groups is 1. The zero-order chi connectivity index (χ0) is 16.5. The fourth-order valence-electron chi connectivity index (χ4n) is 2.67. The lowest BCUT2D eigenvalue weighted by atomic mass is 10.2. The van der Waals surface area contributed by atoms with Gasteiger partial charge in [-0.1, -0.05) is 13.0 Å². The maximum absolute atomic E-state index is 5.20. The molecule has 2 aromatic heterocycles. The Morgan fingerprint density at radius 2 is 1.96 bits per heavy atom. The summed E-state index contributed by atoms with van der Waals surface area (Å²) in [5, 5.41) is 5.58. The molecule has 0 aliphatic heterocycles. The third-order valence-electron chi connectivity index (χ3n) is 3.82. The summed E-state index contributed by atoms with van der Waals surface area (Å²) >= 11 is 1.79. The highest BCUT2D eigenvalue weighted by Crippen LogP contribution is 2.29. The molecule has 0 saturated heterocycles. The lowest BCUT2D eigenvalue weighted by Gasteiger charge is -2.04. The van der Waals surface area contributed by atoms with Crippen molar-refractivity contribution in [3.05, 3.63) is 48.8 Å². The monoisotopic (exact) mass is 336 g/mol. The molecule has 24 heavy (non-hydrogen) atoms. The van der Waals surface area contributed by atoms with E-state index in [-0.39, 0.29) is 0 Å². The summed E-state index contributed by atoms with van der Waals surface area (Å²) in [4.78, 5) is 10.5. The number of para-hydroxylation sites is 1. The van der Waals surface area contributed by atoms with Gasteiger partial charge in [0.1, 0.15) is 12.1 Å². The molecule has 0 aliphatic carbocycles. The Balaban J connectivity index is 1.88. The van der Waals surface area contributed by atoms with Gasteiger partial charge in [0.15, 0.2) is 11.5 Å². The first-order valence-electron chi connectivity index (χ1n) is 7.71. The van der Waals surface area contributed by atoms with Crippen LogP contribution in [0.15, 0.2) is 53.7 Å². The number of benzene rings is 2. The number of nitrogens with zero attached hydrogens (tertiary/aromatic N) is 4. The predicted octanol–water partition coefficient (Wildman–Crippen LogP) is 4.07. The average molecular weight is 336 g/mol. The van der Waals surface area contributed by atoms with Gasteiger partial charge in [0.2, 0.25) is 0 Å². The van der Waals surface area contributed by atoms with Gasteiger partial charge in [0, 0.05) is 15.8 Å². The quantitative estimate of drug-likeness (QED) is 0.526.